The highest BCUT2D eigenvalue weighted by Crippen LogP contribution is 2.26. The minimum Gasteiger partial charge on any atom is -0.415 e. The van der Waals surface area contributed by atoms with Crippen molar-refractivity contribution in [1.29, 1.82) is 0 Å². The number of rotatable bonds is 3. The van der Waals surface area contributed by atoms with Gasteiger partial charge in [-0.1, -0.05) is 48.5 Å². The second kappa shape index (κ2) is 6.88. The molecule has 0 saturated heterocycles. The number of hydrogen-bond acceptors (Lipinski definition) is 4. The van der Waals surface area contributed by atoms with Gasteiger partial charge >= 0.3 is 11.5 Å². The Kier molecular flexibility index (Phi) is 4.26. The Hall–Kier alpha value is -3.73. The monoisotopic (exact) mass is 356 g/mol. The largest absolute Gasteiger partial charge is 0.415 e. The van der Waals surface area contributed by atoms with Crippen molar-refractivity contribution in [2.45, 2.75) is 6.92 Å². The Balaban J connectivity index is 1.92. The van der Waals surface area contributed by atoms with Crippen LogP contribution in [0.3, 0.4) is 0 Å². The number of carbonyl (C=O) groups excluding carboxylic acids is 1. The number of pyridine rings is 1. The molecule has 27 heavy (non-hydrogen) atoms. The molecule has 0 fully saturated rings. The number of nitrogens with zero attached hydrogens (tertiary/aromatic N) is 2. The molecule has 0 aliphatic rings. The molecule has 0 N–H and O–H groups in total. The third kappa shape index (κ3) is 3.22. The van der Waals surface area contributed by atoms with Gasteiger partial charge in [0.05, 0.1) is 5.56 Å². The molecular weight excluding hydrogens is 340 g/mol. The van der Waals surface area contributed by atoms with Gasteiger partial charge in [0.15, 0.2) is 0 Å². The maximum Gasteiger partial charge on any atom is 0.343 e. The van der Waals surface area contributed by atoms with Gasteiger partial charge in [-0.3, -0.25) is 9.20 Å². The predicted octanol–water partition coefficient (Wildman–Crippen LogP) is 3.89. The van der Waals surface area contributed by atoms with Gasteiger partial charge in [0.25, 0.3) is 0 Å². The number of carbonyl (C=O) groups is 1. The summed E-state index contributed by atoms with van der Waals surface area (Å²) < 4.78 is 6.90. The molecule has 0 bridgehead atoms. The summed E-state index contributed by atoms with van der Waals surface area (Å²) in [7, 11) is 0. The van der Waals surface area contributed by atoms with Crippen molar-refractivity contribution in [3.05, 3.63) is 100 Å². The minimum atomic E-state index is -0.598. The molecule has 5 nitrogen and oxygen atoms in total. The summed E-state index contributed by atoms with van der Waals surface area (Å²) in [4.78, 5) is 30.2. The van der Waals surface area contributed by atoms with E-state index in [2.05, 4.69) is 4.98 Å². The number of aryl methyl sites for hydroxylation is 1. The van der Waals surface area contributed by atoms with Crippen LogP contribution in [0.4, 0.5) is 0 Å². The Labute approximate surface area is 155 Å². The lowest BCUT2D eigenvalue weighted by atomic mass is 10.1. The van der Waals surface area contributed by atoms with E-state index in [0.29, 0.717) is 22.5 Å². The first kappa shape index (κ1) is 16.7. The van der Waals surface area contributed by atoms with Crippen molar-refractivity contribution in [1.82, 2.24) is 9.38 Å². The van der Waals surface area contributed by atoms with E-state index in [9.17, 15) is 9.59 Å². The fraction of sp³-hybridized carbons (Fsp3) is 0.0455. The van der Waals surface area contributed by atoms with Crippen molar-refractivity contribution in [3.63, 3.8) is 0 Å². The highest BCUT2D eigenvalue weighted by molar-refractivity contribution is 5.91. The van der Waals surface area contributed by atoms with Gasteiger partial charge in [-0.25, -0.2) is 9.78 Å². The molecule has 0 radical (unpaired) electrons. The molecule has 0 aliphatic heterocycles. The van der Waals surface area contributed by atoms with Gasteiger partial charge in [0.1, 0.15) is 11.3 Å². The maximum atomic E-state index is 13.0. The van der Waals surface area contributed by atoms with Crippen LogP contribution in [0.1, 0.15) is 15.9 Å². The minimum absolute atomic E-state index is 0.0867. The molecule has 2 aromatic heterocycles. The van der Waals surface area contributed by atoms with E-state index in [-0.39, 0.29) is 5.75 Å². The number of esters is 1. The summed E-state index contributed by atoms with van der Waals surface area (Å²) in [5, 5.41) is 0. The van der Waals surface area contributed by atoms with Crippen molar-refractivity contribution in [3.8, 4) is 17.0 Å². The molecule has 0 spiro atoms. The average Bonchev–Trinajstić information content (AvgIpc) is 2.71. The zero-order valence-corrected chi connectivity index (χ0v) is 14.6. The first-order valence-corrected chi connectivity index (χ1v) is 8.49. The zero-order chi connectivity index (χ0) is 18.8. The summed E-state index contributed by atoms with van der Waals surface area (Å²) in [5.74, 6) is -0.685. The van der Waals surface area contributed by atoms with E-state index in [1.807, 2.05) is 43.3 Å². The SMILES string of the molecule is Cc1ccn2c(=O)c(OC(=O)c3ccccc3)c(-c3ccccc3)nc2c1. The lowest BCUT2D eigenvalue weighted by Gasteiger charge is -2.11. The van der Waals surface area contributed by atoms with Gasteiger partial charge in [0.2, 0.25) is 5.75 Å². The Morgan fingerprint density at radius 1 is 0.963 bits per heavy atom. The van der Waals surface area contributed by atoms with Crippen molar-refractivity contribution >= 4 is 11.6 Å². The topological polar surface area (TPSA) is 60.7 Å². The molecule has 0 unspecified atom stereocenters. The van der Waals surface area contributed by atoms with Crippen molar-refractivity contribution in [2.24, 2.45) is 0 Å². The van der Waals surface area contributed by atoms with Gasteiger partial charge in [0, 0.05) is 11.8 Å². The van der Waals surface area contributed by atoms with Crippen LogP contribution >= 0.6 is 0 Å². The fourth-order valence-electron chi connectivity index (χ4n) is 2.83. The van der Waals surface area contributed by atoms with Gasteiger partial charge in [-0.2, -0.15) is 0 Å². The van der Waals surface area contributed by atoms with Gasteiger partial charge in [-0.05, 0) is 36.8 Å². The molecule has 2 heterocycles. The third-order valence-electron chi connectivity index (χ3n) is 4.20. The van der Waals surface area contributed by atoms with Crippen molar-refractivity contribution in [2.75, 3.05) is 0 Å². The number of fused-ring (bicyclic) bond motifs is 1. The second-order valence-corrected chi connectivity index (χ2v) is 6.15. The average molecular weight is 356 g/mol. The molecule has 0 saturated carbocycles. The summed E-state index contributed by atoms with van der Waals surface area (Å²) in [6.45, 7) is 1.93. The van der Waals surface area contributed by atoms with Crippen LogP contribution < -0.4 is 10.3 Å². The normalized spacial score (nSPS) is 10.7. The van der Waals surface area contributed by atoms with E-state index >= 15 is 0 Å². The number of benzene rings is 2. The molecule has 132 valence electrons. The summed E-state index contributed by atoms with van der Waals surface area (Å²) in [6, 6.07) is 21.4. The van der Waals surface area contributed by atoms with Crippen molar-refractivity contribution < 1.29 is 9.53 Å². The van der Waals surface area contributed by atoms with E-state index < -0.39 is 11.5 Å². The molecular formula is C22H16N2O3. The molecule has 0 amide bonds. The van der Waals surface area contributed by atoms with E-state index in [0.717, 1.165) is 5.56 Å². The summed E-state index contributed by atoms with van der Waals surface area (Å²) in [5.41, 5.74) is 2.46. The standard InChI is InChI=1S/C22H16N2O3/c1-15-12-13-24-18(14-15)23-19(16-8-4-2-5-9-16)20(21(24)25)27-22(26)17-10-6-3-7-11-17/h2-14H,1H3. The smallest absolute Gasteiger partial charge is 0.343 e. The van der Waals surface area contributed by atoms with Crippen LogP contribution in [0.25, 0.3) is 16.9 Å². The molecule has 2 aromatic carbocycles. The number of hydrogen-bond donors (Lipinski definition) is 0. The first-order valence-electron chi connectivity index (χ1n) is 8.49. The van der Waals surface area contributed by atoms with Crippen LogP contribution in [0.2, 0.25) is 0 Å². The van der Waals surface area contributed by atoms with Gasteiger partial charge in [-0.15, -0.1) is 0 Å². The van der Waals surface area contributed by atoms with E-state index in [4.69, 9.17) is 4.74 Å². The fourth-order valence-corrected chi connectivity index (χ4v) is 2.83. The van der Waals surface area contributed by atoms with Crippen LogP contribution in [0.15, 0.2) is 83.8 Å². The summed E-state index contributed by atoms with van der Waals surface area (Å²) in [6.07, 6.45) is 1.63. The summed E-state index contributed by atoms with van der Waals surface area (Å²) >= 11 is 0. The van der Waals surface area contributed by atoms with E-state index in [1.165, 1.54) is 4.40 Å². The van der Waals surface area contributed by atoms with Gasteiger partial charge < -0.3 is 4.74 Å². The Morgan fingerprint density at radius 3 is 2.33 bits per heavy atom. The highest BCUT2D eigenvalue weighted by atomic mass is 16.5. The second-order valence-electron chi connectivity index (χ2n) is 6.15. The zero-order valence-electron chi connectivity index (χ0n) is 14.6. The first-order chi connectivity index (χ1) is 13.1. The Bertz CT molecular complexity index is 1180. The van der Waals surface area contributed by atoms with Crippen LogP contribution in [-0.2, 0) is 0 Å². The quantitative estimate of drug-likeness (QED) is 0.523. The molecule has 5 heteroatoms. The lowest BCUT2D eigenvalue weighted by molar-refractivity contribution is 0.0732. The molecule has 4 rings (SSSR count). The molecule has 0 aliphatic carbocycles. The molecule has 0 atom stereocenters. The number of ether oxygens (including phenoxy) is 1. The van der Waals surface area contributed by atoms with Crippen LogP contribution in [0, 0.1) is 6.92 Å². The maximum absolute atomic E-state index is 13.0. The van der Waals surface area contributed by atoms with E-state index in [1.54, 1.807) is 42.6 Å². The predicted molar refractivity (Wildman–Crippen MR) is 103 cm³/mol. The van der Waals surface area contributed by atoms with Crippen LogP contribution in [-0.4, -0.2) is 15.4 Å². The molecule has 4 aromatic rings. The third-order valence-corrected chi connectivity index (χ3v) is 4.20. The Morgan fingerprint density at radius 2 is 1.63 bits per heavy atom. The lowest BCUT2D eigenvalue weighted by Crippen LogP contribution is -2.22. The number of aromatic nitrogens is 2. The highest BCUT2D eigenvalue weighted by Gasteiger charge is 2.20. The van der Waals surface area contributed by atoms with Crippen LogP contribution in [0.5, 0.6) is 5.75 Å².